The maximum atomic E-state index is 5.85. The van der Waals surface area contributed by atoms with Gasteiger partial charge in [0.1, 0.15) is 5.75 Å². The van der Waals surface area contributed by atoms with E-state index in [0.717, 1.165) is 18.8 Å². The lowest BCUT2D eigenvalue weighted by Gasteiger charge is -2.29. The van der Waals surface area contributed by atoms with Gasteiger partial charge in [-0.15, -0.1) is 0 Å². The molecule has 1 fully saturated rings. The highest BCUT2D eigenvalue weighted by Crippen LogP contribution is 2.22. The van der Waals surface area contributed by atoms with Gasteiger partial charge in [0.25, 0.3) is 0 Å². The normalized spacial score (nSPS) is 18.9. The molecule has 1 atom stereocenters. The Balaban J connectivity index is 1.82. The van der Waals surface area contributed by atoms with Crippen molar-refractivity contribution >= 4 is 0 Å². The van der Waals surface area contributed by atoms with Crippen LogP contribution in [0, 0.1) is 11.8 Å². The molecule has 0 aromatic carbocycles. The van der Waals surface area contributed by atoms with Crippen LogP contribution in [0.2, 0.25) is 0 Å². The number of piperidine rings is 1. The van der Waals surface area contributed by atoms with Crippen molar-refractivity contribution in [2.24, 2.45) is 17.6 Å². The molecule has 1 aromatic rings. The van der Waals surface area contributed by atoms with Gasteiger partial charge in [-0.05, 0) is 50.5 Å². The summed E-state index contributed by atoms with van der Waals surface area (Å²) in [5, 5.41) is 3.38. The van der Waals surface area contributed by atoms with E-state index in [1.807, 2.05) is 12.1 Å². The highest BCUT2D eigenvalue weighted by molar-refractivity contribution is 5.15. The minimum Gasteiger partial charge on any atom is -0.492 e. The third-order valence-electron chi connectivity index (χ3n) is 3.45. The van der Waals surface area contributed by atoms with E-state index in [0.29, 0.717) is 25.0 Å². The number of hydrogen-bond donors (Lipinski definition) is 2. The van der Waals surface area contributed by atoms with Crippen LogP contribution in [0.4, 0.5) is 0 Å². The van der Waals surface area contributed by atoms with Gasteiger partial charge in [0.15, 0.2) is 0 Å². The van der Waals surface area contributed by atoms with Crippen molar-refractivity contribution < 1.29 is 4.74 Å². The van der Waals surface area contributed by atoms with Gasteiger partial charge < -0.3 is 15.8 Å². The zero-order valence-electron chi connectivity index (χ0n) is 10.1. The van der Waals surface area contributed by atoms with Gasteiger partial charge >= 0.3 is 0 Å². The molecule has 94 valence electrons. The first-order valence-electron chi connectivity index (χ1n) is 6.33. The molecule has 0 aliphatic carbocycles. The lowest BCUT2D eigenvalue weighted by Crippen LogP contribution is -2.37. The van der Waals surface area contributed by atoms with Crippen molar-refractivity contribution in [2.75, 3.05) is 26.2 Å². The van der Waals surface area contributed by atoms with Crippen molar-refractivity contribution in [1.29, 1.82) is 0 Å². The summed E-state index contributed by atoms with van der Waals surface area (Å²) in [6.45, 7) is 3.61. The van der Waals surface area contributed by atoms with Gasteiger partial charge in [-0.25, -0.2) is 0 Å². The molecular formula is C13H21N3O. The third kappa shape index (κ3) is 3.68. The number of rotatable bonds is 5. The fourth-order valence-corrected chi connectivity index (χ4v) is 2.35. The highest BCUT2D eigenvalue weighted by atomic mass is 16.5. The van der Waals surface area contributed by atoms with E-state index in [1.165, 1.54) is 12.8 Å². The molecular weight excluding hydrogens is 214 g/mol. The summed E-state index contributed by atoms with van der Waals surface area (Å²) in [6, 6.07) is 3.82. The molecule has 2 heterocycles. The number of nitrogens with two attached hydrogens (primary N) is 1. The van der Waals surface area contributed by atoms with Crippen molar-refractivity contribution in [2.45, 2.75) is 12.8 Å². The summed E-state index contributed by atoms with van der Waals surface area (Å²) in [4.78, 5) is 4.03. The van der Waals surface area contributed by atoms with Gasteiger partial charge in [-0.1, -0.05) is 0 Å². The quantitative estimate of drug-likeness (QED) is 0.800. The van der Waals surface area contributed by atoms with Crippen molar-refractivity contribution in [3.05, 3.63) is 24.5 Å². The monoisotopic (exact) mass is 235 g/mol. The van der Waals surface area contributed by atoms with Gasteiger partial charge in [0.05, 0.1) is 12.8 Å². The Morgan fingerprint density at radius 2 is 2.29 bits per heavy atom. The molecule has 17 heavy (non-hydrogen) atoms. The van der Waals surface area contributed by atoms with E-state index in [2.05, 4.69) is 10.3 Å². The maximum Gasteiger partial charge on any atom is 0.137 e. The van der Waals surface area contributed by atoms with Crippen LogP contribution in [0.3, 0.4) is 0 Å². The fourth-order valence-electron chi connectivity index (χ4n) is 2.35. The molecule has 1 aliphatic rings. The van der Waals surface area contributed by atoms with Crippen LogP contribution in [-0.2, 0) is 0 Å². The number of pyridine rings is 1. The van der Waals surface area contributed by atoms with Crippen molar-refractivity contribution in [3.8, 4) is 5.75 Å². The highest BCUT2D eigenvalue weighted by Gasteiger charge is 2.22. The van der Waals surface area contributed by atoms with Crippen LogP contribution >= 0.6 is 0 Å². The molecule has 1 saturated heterocycles. The van der Waals surface area contributed by atoms with Crippen LogP contribution in [0.15, 0.2) is 24.5 Å². The average molecular weight is 235 g/mol. The van der Waals surface area contributed by atoms with E-state index < -0.39 is 0 Å². The summed E-state index contributed by atoms with van der Waals surface area (Å²) in [7, 11) is 0. The first kappa shape index (κ1) is 12.3. The van der Waals surface area contributed by atoms with Gasteiger partial charge in [0, 0.05) is 12.1 Å². The van der Waals surface area contributed by atoms with Crippen LogP contribution in [-0.4, -0.2) is 31.2 Å². The Kier molecular flexibility index (Phi) is 4.76. The van der Waals surface area contributed by atoms with Crippen LogP contribution in [0.1, 0.15) is 12.8 Å². The molecule has 1 unspecified atom stereocenters. The molecule has 0 bridgehead atoms. The predicted octanol–water partition coefficient (Wildman–Crippen LogP) is 1.03. The van der Waals surface area contributed by atoms with E-state index >= 15 is 0 Å². The molecule has 0 radical (unpaired) electrons. The SMILES string of the molecule is NCC(COc1cccnc1)C1CCNCC1. The van der Waals surface area contributed by atoms with Crippen LogP contribution in [0.25, 0.3) is 0 Å². The second-order valence-corrected chi connectivity index (χ2v) is 4.58. The smallest absolute Gasteiger partial charge is 0.137 e. The molecule has 1 aliphatic heterocycles. The molecule has 4 heteroatoms. The van der Waals surface area contributed by atoms with Crippen molar-refractivity contribution in [3.63, 3.8) is 0 Å². The maximum absolute atomic E-state index is 5.85. The largest absolute Gasteiger partial charge is 0.492 e. The number of ether oxygens (including phenoxy) is 1. The third-order valence-corrected chi connectivity index (χ3v) is 3.45. The summed E-state index contributed by atoms with van der Waals surface area (Å²) < 4.78 is 5.75. The molecule has 4 nitrogen and oxygen atoms in total. The van der Waals surface area contributed by atoms with E-state index in [4.69, 9.17) is 10.5 Å². The topological polar surface area (TPSA) is 60.2 Å². The minimum atomic E-state index is 0.456. The standard InChI is InChI=1S/C13H21N3O/c14-8-12(11-3-6-15-7-4-11)10-17-13-2-1-5-16-9-13/h1-2,5,9,11-12,15H,3-4,6-8,10,14H2. The summed E-state index contributed by atoms with van der Waals surface area (Å²) >= 11 is 0. The first-order valence-corrected chi connectivity index (χ1v) is 6.33. The van der Waals surface area contributed by atoms with Gasteiger partial charge in [-0.2, -0.15) is 0 Å². The van der Waals surface area contributed by atoms with Gasteiger partial charge in [0.2, 0.25) is 0 Å². The van der Waals surface area contributed by atoms with E-state index in [9.17, 15) is 0 Å². The Morgan fingerprint density at radius 3 is 2.94 bits per heavy atom. The number of hydrogen-bond acceptors (Lipinski definition) is 4. The molecule has 2 rings (SSSR count). The van der Waals surface area contributed by atoms with Gasteiger partial charge in [-0.3, -0.25) is 4.98 Å². The molecule has 1 aromatic heterocycles. The van der Waals surface area contributed by atoms with E-state index in [1.54, 1.807) is 12.4 Å². The first-order chi connectivity index (χ1) is 8.40. The lowest BCUT2D eigenvalue weighted by atomic mass is 9.85. The molecule has 0 amide bonds. The molecule has 3 N–H and O–H groups in total. The van der Waals surface area contributed by atoms with Crippen molar-refractivity contribution in [1.82, 2.24) is 10.3 Å². The fraction of sp³-hybridized carbons (Fsp3) is 0.615. The Labute approximate surface area is 103 Å². The summed E-state index contributed by atoms with van der Waals surface area (Å²) in [5.41, 5.74) is 5.85. The Morgan fingerprint density at radius 1 is 1.47 bits per heavy atom. The Hall–Kier alpha value is -1.13. The van der Waals surface area contributed by atoms with E-state index in [-0.39, 0.29) is 0 Å². The molecule has 0 spiro atoms. The van der Waals surface area contributed by atoms with Crippen LogP contribution in [0.5, 0.6) is 5.75 Å². The summed E-state index contributed by atoms with van der Waals surface area (Å²) in [6.07, 6.45) is 5.91. The van der Waals surface area contributed by atoms with Crippen LogP contribution < -0.4 is 15.8 Å². The Bertz CT molecular complexity index is 312. The predicted molar refractivity (Wildman–Crippen MR) is 67.9 cm³/mol. The molecule has 0 saturated carbocycles. The zero-order chi connectivity index (χ0) is 11.9. The second kappa shape index (κ2) is 6.57. The number of aromatic nitrogens is 1. The second-order valence-electron chi connectivity index (χ2n) is 4.58. The summed E-state index contributed by atoms with van der Waals surface area (Å²) in [5.74, 6) is 1.98. The number of nitrogens with zero attached hydrogens (tertiary/aromatic N) is 1. The number of nitrogens with one attached hydrogen (secondary N) is 1. The lowest BCUT2D eigenvalue weighted by molar-refractivity contribution is 0.172. The minimum absolute atomic E-state index is 0.456. The zero-order valence-corrected chi connectivity index (χ0v) is 10.1. The average Bonchev–Trinajstić information content (AvgIpc) is 2.42.